The van der Waals surface area contributed by atoms with E-state index in [1.807, 2.05) is 30.3 Å². The van der Waals surface area contributed by atoms with Crippen molar-refractivity contribution in [3.63, 3.8) is 0 Å². The number of hydrogen-bond acceptors (Lipinski definition) is 6. The lowest BCUT2D eigenvalue weighted by molar-refractivity contribution is -0.384. The number of para-hydroxylation sites is 1. The number of carbonyl (C=O) groups is 3. The van der Waals surface area contributed by atoms with E-state index in [9.17, 15) is 24.5 Å². The zero-order valence-electron chi connectivity index (χ0n) is 16.3. The van der Waals surface area contributed by atoms with E-state index in [4.69, 9.17) is 4.74 Å². The number of anilines is 1. The Morgan fingerprint density at radius 3 is 2.19 bits per heavy atom. The van der Waals surface area contributed by atoms with Crippen LogP contribution in [0.15, 0.2) is 78.9 Å². The Morgan fingerprint density at radius 2 is 1.52 bits per heavy atom. The van der Waals surface area contributed by atoms with Gasteiger partial charge in [-0.2, -0.15) is 0 Å². The van der Waals surface area contributed by atoms with Crippen LogP contribution in [0.25, 0.3) is 0 Å². The summed E-state index contributed by atoms with van der Waals surface area (Å²) in [4.78, 5) is 47.1. The first kappa shape index (κ1) is 21.4. The molecule has 8 heteroatoms. The minimum atomic E-state index is -0.772. The van der Waals surface area contributed by atoms with E-state index < -0.39 is 23.3 Å². The summed E-state index contributed by atoms with van der Waals surface area (Å²) in [6.07, 6.45) is 0.142. The molecule has 1 N–H and O–H groups in total. The summed E-state index contributed by atoms with van der Waals surface area (Å²) in [7, 11) is 0. The minimum absolute atomic E-state index is 0.111. The maximum Gasteiger partial charge on any atom is 0.340 e. The molecular weight excluding hydrogens is 400 g/mol. The Bertz CT molecular complexity index is 1110. The summed E-state index contributed by atoms with van der Waals surface area (Å²) in [5.41, 5.74) is 1.25. The van der Waals surface area contributed by atoms with Crippen molar-refractivity contribution >= 4 is 29.0 Å². The Kier molecular flexibility index (Phi) is 6.85. The third-order valence-electron chi connectivity index (χ3n) is 4.36. The van der Waals surface area contributed by atoms with Crippen molar-refractivity contribution in [3.05, 3.63) is 106 Å². The normalized spacial score (nSPS) is 10.2. The van der Waals surface area contributed by atoms with E-state index in [0.717, 1.165) is 5.56 Å². The van der Waals surface area contributed by atoms with E-state index in [2.05, 4.69) is 5.32 Å². The molecule has 0 heterocycles. The fourth-order valence-electron chi connectivity index (χ4n) is 2.81. The molecule has 0 aliphatic rings. The fourth-order valence-corrected chi connectivity index (χ4v) is 2.81. The fraction of sp³-hybridized carbons (Fsp3) is 0.0870. The largest absolute Gasteiger partial charge is 0.454 e. The lowest BCUT2D eigenvalue weighted by Crippen LogP contribution is -2.19. The highest BCUT2D eigenvalue weighted by Crippen LogP contribution is 2.18. The molecule has 0 spiro atoms. The van der Waals surface area contributed by atoms with Gasteiger partial charge in [-0.1, -0.05) is 42.5 Å². The van der Waals surface area contributed by atoms with Crippen LogP contribution in [0.4, 0.5) is 11.4 Å². The summed E-state index contributed by atoms with van der Waals surface area (Å²) >= 11 is 0. The number of amides is 1. The molecule has 0 aliphatic heterocycles. The van der Waals surface area contributed by atoms with Crippen LogP contribution in [-0.2, 0) is 16.0 Å². The Hall–Kier alpha value is -4.33. The first-order valence-corrected chi connectivity index (χ1v) is 9.31. The molecule has 0 unspecified atom stereocenters. The second-order valence-electron chi connectivity index (χ2n) is 6.56. The number of non-ortho nitro benzene ring substituents is 1. The molecule has 0 aliphatic carbocycles. The standard InChI is InChI=1S/C23H18N2O6/c26-21(17-10-12-18(13-11-17)25(29)30)15-31-23(28)19-8-4-5-9-20(19)24-22(27)14-16-6-2-1-3-7-16/h1-13H,14-15H2,(H,24,27). The molecule has 0 saturated carbocycles. The number of nitrogens with zero attached hydrogens (tertiary/aromatic N) is 1. The van der Waals surface area contributed by atoms with Crippen molar-refractivity contribution in [1.29, 1.82) is 0 Å². The van der Waals surface area contributed by atoms with Crippen molar-refractivity contribution in [2.24, 2.45) is 0 Å². The van der Waals surface area contributed by atoms with Crippen LogP contribution in [0.2, 0.25) is 0 Å². The predicted octanol–water partition coefficient (Wildman–Crippen LogP) is 3.82. The van der Waals surface area contributed by atoms with Crippen LogP contribution in [0.3, 0.4) is 0 Å². The van der Waals surface area contributed by atoms with Crippen molar-refractivity contribution in [2.75, 3.05) is 11.9 Å². The highest BCUT2D eigenvalue weighted by atomic mass is 16.6. The predicted molar refractivity (Wildman–Crippen MR) is 113 cm³/mol. The minimum Gasteiger partial charge on any atom is -0.454 e. The van der Waals surface area contributed by atoms with E-state index in [-0.39, 0.29) is 34.8 Å². The average Bonchev–Trinajstić information content (AvgIpc) is 2.78. The number of carbonyl (C=O) groups excluding carboxylic acids is 3. The van der Waals surface area contributed by atoms with Crippen LogP contribution in [-0.4, -0.2) is 29.2 Å². The molecule has 8 nitrogen and oxygen atoms in total. The van der Waals surface area contributed by atoms with Gasteiger partial charge in [0.05, 0.1) is 22.6 Å². The molecule has 1 amide bonds. The molecular formula is C23H18N2O6. The Labute approximate surface area is 177 Å². The van der Waals surface area contributed by atoms with Gasteiger partial charge in [-0.3, -0.25) is 19.7 Å². The van der Waals surface area contributed by atoms with E-state index in [1.165, 1.54) is 30.3 Å². The molecule has 31 heavy (non-hydrogen) atoms. The highest BCUT2D eigenvalue weighted by Gasteiger charge is 2.17. The first-order valence-electron chi connectivity index (χ1n) is 9.31. The number of rotatable bonds is 8. The van der Waals surface area contributed by atoms with Gasteiger partial charge in [0, 0.05) is 17.7 Å². The van der Waals surface area contributed by atoms with Crippen LogP contribution >= 0.6 is 0 Å². The third kappa shape index (κ3) is 5.83. The van der Waals surface area contributed by atoms with E-state index >= 15 is 0 Å². The van der Waals surface area contributed by atoms with Crippen molar-refractivity contribution < 1.29 is 24.0 Å². The molecule has 0 fully saturated rings. The summed E-state index contributed by atoms with van der Waals surface area (Å²) in [6, 6.07) is 20.5. The summed E-state index contributed by atoms with van der Waals surface area (Å²) in [6.45, 7) is -0.539. The monoisotopic (exact) mass is 418 g/mol. The molecule has 3 aromatic carbocycles. The first-order chi connectivity index (χ1) is 14.9. The van der Waals surface area contributed by atoms with Crippen molar-refractivity contribution in [3.8, 4) is 0 Å². The molecule has 156 valence electrons. The quantitative estimate of drug-likeness (QED) is 0.257. The smallest absolute Gasteiger partial charge is 0.340 e. The lowest BCUT2D eigenvalue weighted by Gasteiger charge is -2.11. The van der Waals surface area contributed by atoms with Gasteiger partial charge in [0.1, 0.15) is 0 Å². The zero-order valence-corrected chi connectivity index (χ0v) is 16.3. The topological polar surface area (TPSA) is 116 Å². The molecule has 0 atom stereocenters. The molecule has 3 rings (SSSR count). The molecule has 0 saturated heterocycles. The maximum atomic E-state index is 12.5. The average molecular weight is 418 g/mol. The van der Waals surface area contributed by atoms with Gasteiger partial charge < -0.3 is 10.1 Å². The summed E-state index contributed by atoms with van der Waals surface area (Å²) < 4.78 is 5.09. The number of nitrogens with one attached hydrogen (secondary N) is 1. The number of benzene rings is 3. The second-order valence-corrected chi connectivity index (χ2v) is 6.56. The molecule has 0 bridgehead atoms. The van der Waals surface area contributed by atoms with Gasteiger partial charge in [-0.25, -0.2) is 4.79 Å². The summed E-state index contributed by atoms with van der Waals surface area (Å²) in [5.74, 6) is -1.58. The zero-order chi connectivity index (χ0) is 22.2. The number of esters is 1. The van der Waals surface area contributed by atoms with Crippen molar-refractivity contribution in [1.82, 2.24) is 0 Å². The van der Waals surface area contributed by atoms with Crippen LogP contribution < -0.4 is 5.32 Å². The van der Waals surface area contributed by atoms with Gasteiger partial charge >= 0.3 is 5.97 Å². The van der Waals surface area contributed by atoms with E-state index in [1.54, 1.807) is 18.2 Å². The lowest BCUT2D eigenvalue weighted by atomic mass is 10.1. The Balaban J connectivity index is 1.62. The Morgan fingerprint density at radius 1 is 0.871 bits per heavy atom. The van der Waals surface area contributed by atoms with Gasteiger partial charge in [0.25, 0.3) is 5.69 Å². The number of hydrogen-bond donors (Lipinski definition) is 1. The van der Waals surface area contributed by atoms with Crippen LogP contribution in [0.5, 0.6) is 0 Å². The summed E-state index contributed by atoms with van der Waals surface area (Å²) in [5, 5.41) is 13.4. The second kappa shape index (κ2) is 9.93. The SMILES string of the molecule is O=C(Cc1ccccc1)Nc1ccccc1C(=O)OCC(=O)c1ccc([N+](=O)[O-])cc1. The van der Waals surface area contributed by atoms with E-state index in [0.29, 0.717) is 0 Å². The van der Waals surface area contributed by atoms with Gasteiger partial charge in [0.2, 0.25) is 5.91 Å². The number of nitro groups is 1. The van der Waals surface area contributed by atoms with Gasteiger partial charge in [-0.05, 0) is 29.8 Å². The van der Waals surface area contributed by atoms with Gasteiger partial charge in [-0.15, -0.1) is 0 Å². The molecule has 3 aromatic rings. The molecule has 0 aromatic heterocycles. The molecule has 0 radical (unpaired) electrons. The van der Waals surface area contributed by atoms with Gasteiger partial charge in [0.15, 0.2) is 12.4 Å². The maximum absolute atomic E-state index is 12.5. The number of ketones is 1. The number of Topliss-reactive ketones (excluding diaryl/α,β-unsaturated/α-hetero) is 1. The van der Waals surface area contributed by atoms with Crippen LogP contribution in [0, 0.1) is 10.1 Å². The number of nitro benzene ring substituents is 1. The third-order valence-corrected chi connectivity index (χ3v) is 4.36. The van der Waals surface area contributed by atoms with Crippen LogP contribution in [0.1, 0.15) is 26.3 Å². The highest BCUT2D eigenvalue weighted by molar-refractivity contribution is 6.03. The number of ether oxygens (including phenoxy) is 1. The van der Waals surface area contributed by atoms with Crippen molar-refractivity contribution in [2.45, 2.75) is 6.42 Å².